The molecule has 3 rings (SSSR count). The van der Waals surface area contributed by atoms with Gasteiger partial charge in [0.1, 0.15) is 5.75 Å². The number of amides is 1. The first-order valence-corrected chi connectivity index (χ1v) is 11.1. The number of benzene rings is 3. The zero-order chi connectivity index (χ0) is 22.8. The van der Waals surface area contributed by atoms with Gasteiger partial charge in [0.05, 0.1) is 18.7 Å². The lowest BCUT2D eigenvalue weighted by Gasteiger charge is -2.37. The van der Waals surface area contributed by atoms with Crippen molar-refractivity contribution in [1.29, 1.82) is 0 Å². The van der Waals surface area contributed by atoms with E-state index in [1.807, 2.05) is 24.3 Å². The number of hydrogen-bond acceptors (Lipinski definition) is 4. The standard InChI is InChI=1S/C27H33N3O2/c1-29-26(31)25(28)15-9-10-20-30-27(21-11-5-3-6-12-21,22-13-7-4-8-14-22)23-16-18-24(32-2)19-17-23/h3-8,11-14,16-19,25,30H,9-10,15,20,28H2,1-2H3,(H,29,31). The molecule has 1 atom stereocenters. The van der Waals surface area contributed by atoms with Crippen LogP contribution in [0.2, 0.25) is 0 Å². The summed E-state index contributed by atoms with van der Waals surface area (Å²) in [6.45, 7) is 0.774. The van der Waals surface area contributed by atoms with Gasteiger partial charge in [-0.15, -0.1) is 0 Å². The number of likely N-dealkylation sites (N-methyl/N-ethyl adjacent to an activating group) is 1. The Hall–Kier alpha value is -3.15. The molecule has 0 bridgehead atoms. The van der Waals surface area contributed by atoms with Crippen LogP contribution < -0.4 is 21.1 Å². The highest BCUT2D eigenvalue weighted by molar-refractivity contribution is 5.81. The van der Waals surface area contributed by atoms with E-state index < -0.39 is 11.6 Å². The number of rotatable bonds is 11. The Balaban J connectivity index is 1.92. The van der Waals surface area contributed by atoms with Crippen molar-refractivity contribution in [2.75, 3.05) is 20.7 Å². The predicted octanol–water partition coefficient (Wildman–Crippen LogP) is 3.82. The molecule has 3 aromatic carbocycles. The van der Waals surface area contributed by atoms with Crippen LogP contribution in [0, 0.1) is 0 Å². The molecule has 32 heavy (non-hydrogen) atoms. The van der Waals surface area contributed by atoms with Crippen LogP contribution in [0.5, 0.6) is 5.75 Å². The molecule has 1 unspecified atom stereocenters. The minimum absolute atomic E-state index is 0.112. The first-order valence-electron chi connectivity index (χ1n) is 11.1. The van der Waals surface area contributed by atoms with Crippen molar-refractivity contribution in [2.45, 2.75) is 30.8 Å². The van der Waals surface area contributed by atoms with Crippen LogP contribution >= 0.6 is 0 Å². The average molecular weight is 432 g/mol. The van der Waals surface area contributed by atoms with E-state index in [1.54, 1.807) is 14.2 Å². The minimum atomic E-state index is -0.516. The molecule has 0 aliphatic carbocycles. The van der Waals surface area contributed by atoms with Crippen LogP contribution in [0.4, 0.5) is 0 Å². The normalized spacial score (nSPS) is 12.2. The molecular formula is C27H33N3O2. The molecule has 0 aliphatic heterocycles. The third-order valence-corrected chi connectivity index (χ3v) is 5.85. The summed E-state index contributed by atoms with van der Waals surface area (Å²) in [7, 11) is 3.30. The zero-order valence-electron chi connectivity index (χ0n) is 18.9. The monoisotopic (exact) mass is 431 g/mol. The van der Waals surface area contributed by atoms with E-state index >= 15 is 0 Å². The molecule has 3 aromatic rings. The Morgan fingerprint density at radius 2 is 1.41 bits per heavy atom. The van der Waals surface area contributed by atoms with Crippen LogP contribution in [0.15, 0.2) is 84.9 Å². The topological polar surface area (TPSA) is 76.4 Å². The number of nitrogens with two attached hydrogens (primary N) is 1. The molecule has 0 spiro atoms. The minimum Gasteiger partial charge on any atom is -0.497 e. The first kappa shape index (κ1) is 23.5. The quantitative estimate of drug-likeness (QED) is 0.319. The van der Waals surface area contributed by atoms with E-state index in [9.17, 15) is 4.79 Å². The van der Waals surface area contributed by atoms with Crippen molar-refractivity contribution in [2.24, 2.45) is 5.73 Å². The average Bonchev–Trinajstić information content (AvgIpc) is 2.87. The van der Waals surface area contributed by atoms with E-state index in [0.717, 1.165) is 30.7 Å². The molecule has 0 saturated carbocycles. The molecule has 0 saturated heterocycles. The molecule has 1 amide bonds. The third-order valence-electron chi connectivity index (χ3n) is 5.85. The fourth-order valence-corrected chi connectivity index (χ4v) is 4.11. The van der Waals surface area contributed by atoms with Gasteiger partial charge in [0.15, 0.2) is 0 Å². The summed E-state index contributed by atoms with van der Waals surface area (Å²) in [4.78, 5) is 11.7. The highest BCUT2D eigenvalue weighted by atomic mass is 16.5. The van der Waals surface area contributed by atoms with Crippen LogP contribution in [-0.4, -0.2) is 32.7 Å². The van der Waals surface area contributed by atoms with Gasteiger partial charge in [-0.2, -0.15) is 0 Å². The lowest BCUT2D eigenvalue weighted by Crippen LogP contribution is -2.45. The summed E-state index contributed by atoms with van der Waals surface area (Å²) in [6, 6.07) is 28.8. The molecule has 0 radical (unpaired) electrons. The molecular weight excluding hydrogens is 398 g/mol. The summed E-state index contributed by atoms with van der Waals surface area (Å²) < 4.78 is 5.39. The van der Waals surface area contributed by atoms with Crippen molar-refractivity contribution in [1.82, 2.24) is 10.6 Å². The Morgan fingerprint density at radius 1 is 0.875 bits per heavy atom. The fraction of sp³-hybridized carbons (Fsp3) is 0.296. The zero-order valence-corrected chi connectivity index (χ0v) is 18.9. The van der Waals surface area contributed by atoms with Gasteiger partial charge in [-0.3, -0.25) is 10.1 Å². The second-order valence-electron chi connectivity index (χ2n) is 7.85. The second kappa shape index (κ2) is 11.5. The SMILES string of the molecule is CNC(=O)C(N)CCCCNC(c1ccccc1)(c1ccccc1)c1ccc(OC)cc1. The van der Waals surface area contributed by atoms with E-state index in [0.29, 0.717) is 6.42 Å². The number of nitrogens with one attached hydrogen (secondary N) is 2. The van der Waals surface area contributed by atoms with Gasteiger partial charge in [0, 0.05) is 7.05 Å². The van der Waals surface area contributed by atoms with E-state index in [-0.39, 0.29) is 5.91 Å². The smallest absolute Gasteiger partial charge is 0.236 e. The highest BCUT2D eigenvalue weighted by Crippen LogP contribution is 2.37. The first-order chi connectivity index (χ1) is 15.6. The number of methoxy groups -OCH3 is 1. The summed E-state index contributed by atoms with van der Waals surface area (Å²) in [5.41, 5.74) is 8.90. The largest absolute Gasteiger partial charge is 0.497 e. The van der Waals surface area contributed by atoms with Crippen molar-refractivity contribution in [3.05, 3.63) is 102 Å². The van der Waals surface area contributed by atoms with Gasteiger partial charge in [0.2, 0.25) is 5.91 Å². The molecule has 4 N–H and O–H groups in total. The van der Waals surface area contributed by atoms with E-state index in [2.05, 4.69) is 71.3 Å². The second-order valence-corrected chi connectivity index (χ2v) is 7.85. The molecule has 168 valence electrons. The summed E-state index contributed by atoms with van der Waals surface area (Å²) in [5.74, 6) is 0.714. The predicted molar refractivity (Wildman–Crippen MR) is 130 cm³/mol. The maximum Gasteiger partial charge on any atom is 0.236 e. The van der Waals surface area contributed by atoms with Crippen LogP contribution in [-0.2, 0) is 10.3 Å². The van der Waals surface area contributed by atoms with Gasteiger partial charge in [0.25, 0.3) is 0 Å². The van der Waals surface area contributed by atoms with Gasteiger partial charge in [-0.1, -0.05) is 79.2 Å². The van der Waals surface area contributed by atoms with Crippen molar-refractivity contribution >= 4 is 5.91 Å². The van der Waals surface area contributed by atoms with Crippen molar-refractivity contribution in [3.63, 3.8) is 0 Å². The lowest BCUT2D eigenvalue weighted by molar-refractivity contribution is -0.122. The van der Waals surface area contributed by atoms with Gasteiger partial charge in [-0.05, 0) is 48.2 Å². The molecule has 0 fully saturated rings. The molecule has 5 nitrogen and oxygen atoms in total. The number of ether oxygens (including phenoxy) is 1. The Labute approximate surface area is 191 Å². The highest BCUT2D eigenvalue weighted by Gasteiger charge is 2.35. The van der Waals surface area contributed by atoms with Crippen molar-refractivity contribution in [3.8, 4) is 5.75 Å². The summed E-state index contributed by atoms with van der Waals surface area (Å²) >= 11 is 0. The Kier molecular flexibility index (Phi) is 8.42. The number of hydrogen-bond donors (Lipinski definition) is 3. The summed E-state index contributed by atoms with van der Waals surface area (Å²) in [5, 5.41) is 6.47. The number of carbonyl (C=O) groups is 1. The van der Waals surface area contributed by atoms with Crippen LogP contribution in [0.3, 0.4) is 0 Å². The Bertz CT molecular complexity index is 920. The van der Waals surface area contributed by atoms with Gasteiger partial charge in [-0.25, -0.2) is 0 Å². The maximum atomic E-state index is 11.7. The third kappa shape index (κ3) is 5.36. The van der Waals surface area contributed by atoms with E-state index in [4.69, 9.17) is 10.5 Å². The van der Waals surface area contributed by atoms with Crippen molar-refractivity contribution < 1.29 is 9.53 Å². The van der Waals surface area contributed by atoms with Crippen LogP contribution in [0.25, 0.3) is 0 Å². The molecule has 0 aromatic heterocycles. The maximum absolute atomic E-state index is 11.7. The molecule has 5 heteroatoms. The summed E-state index contributed by atoms with van der Waals surface area (Å²) in [6.07, 6.45) is 2.43. The van der Waals surface area contributed by atoms with Gasteiger partial charge >= 0.3 is 0 Å². The van der Waals surface area contributed by atoms with E-state index in [1.165, 1.54) is 11.1 Å². The lowest BCUT2D eigenvalue weighted by atomic mass is 9.77. The molecule has 0 aliphatic rings. The van der Waals surface area contributed by atoms with Crippen LogP contribution in [0.1, 0.15) is 36.0 Å². The van der Waals surface area contributed by atoms with Gasteiger partial charge < -0.3 is 15.8 Å². The number of carbonyl (C=O) groups excluding carboxylic acids is 1. The molecule has 0 heterocycles. The number of unbranched alkanes of at least 4 members (excludes halogenated alkanes) is 1. The fourth-order valence-electron chi connectivity index (χ4n) is 4.11. The Morgan fingerprint density at radius 3 is 1.91 bits per heavy atom.